The molecule has 0 amide bonds. The maximum atomic E-state index is 5.74. The molecule has 0 atom stereocenters. The number of anilines is 2. The van der Waals surface area contributed by atoms with Gasteiger partial charge in [0.2, 0.25) is 0 Å². The Morgan fingerprint density at radius 2 is 2.25 bits per heavy atom. The highest BCUT2D eigenvalue weighted by molar-refractivity contribution is 7.80. The van der Waals surface area contributed by atoms with Gasteiger partial charge >= 0.3 is 0 Å². The molecule has 0 aliphatic carbocycles. The second-order valence-electron chi connectivity index (χ2n) is 5.05. The first kappa shape index (κ1) is 12.9. The van der Waals surface area contributed by atoms with E-state index in [1.165, 1.54) is 5.56 Å². The molecule has 3 rings (SSSR count). The van der Waals surface area contributed by atoms with Gasteiger partial charge in [0.25, 0.3) is 0 Å². The molecular weight excluding hydrogens is 270 g/mol. The van der Waals surface area contributed by atoms with Crippen LogP contribution in [0.2, 0.25) is 0 Å². The number of nitrogens with two attached hydrogens (primary N) is 1. The van der Waals surface area contributed by atoms with Crippen LogP contribution in [0.5, 0.6) is 0 Å². The number of thiocarbonyl (C=S) groups is 1. The molecule has 0 fully saturated rings. The minimum atomic E-state index is 0.269. The number of aromatic nitrogens is 2. The fourth-order valence-corrected chi connectivity index (χ4v) is 2.63. The largest absolute Gasteiger partial charge is 0.378 e. The van der Waals surface area contributed by atoms with Crippen LogP contribution < -0.4 is 16.0 Å². The summed E-state index contributed by atoms with van der Waals surface area (Å²) in [5.74, 6) is 0.933. The zero-order valence-corrected chi connectivity index (χ0v) is 12.4. The number of hydrogen-bond donors (Lipinski definition) is 2. The smallest absolute Gasteiger partial charge is 0.193 e. The van der Waals surface area contributed by atoms with Gasteiger partial charge in [0.05, 0.1) is 5.69 Å². The lowest BCUT2D eigenvalue weighted by atomic mass is 10.1. The summed E-state index contributed by atoms with van der Waals surface area (Å²) in [6.45, 7) is 0.899. The summed E-state index contributed by atoms with van der Waals surface area (Å²) in [6, 6.07) is 8.31. The predicted molar refractivity (Wildman–Crippen MR) is 86.4 cm³/mol. The molecule has 1 aliphatic rings. The average Bonchev–Trinajstić information content (AvgIpc) is 2.99. The predicted octanol–water partition coefficient (Wildman–Crippen LogP) is 1.68. The van der Waals surface area contributed by atoms with Gasteiger partial charge in [-0.1, -0.05) is 12.1 Å². The summed E-state index contributed by atoms with van der Waals surface area (Å²) < 4.78 is 1.62. The molecule has 1 aromatic heterocycles. The summed E-state index contributed by atoms with van der Waals surface area (Å²) in [7, 11) is 4.05. The van der Waals surface area contributed by atoms with Crippen LogP contribution in [0, 0.1) is 0 Å². The summed E-state index contributed by atoms with van der Waals surface area (Å²) in [5.41, 5.74) is 10.1. The van der Waals surface area contributed by atoms with E-state index in [-0.39, 0.29) is 5.11 Å². The first-order valence-electron chi connectivity index (χ1n) is 6.51. The molecule has 20 heavy (non-hydrogen) atoms. The minimum absolute atomic E-state index is 0.269. The van der Waals surface area contributed by atoms with E-state index in [0.717, 1.165) is 35.7 Å². The molecule has 0 saturated heterocycles. The van der Waals surface area contributed by atoms with E-state index in [1.54, 1.807) is 4.68 Å². The third-order valence-electron chi connectivity index (χ3n) is 3.50. The van der Waals surface area contributed by atoms with E-state index >= 15 is 0 Å². The zero-order valence-electron chi connectivity index (χ0n) is 11.6. The van der Waals surface area contributed by atoms with E-state index < -0.39 is 0 Å². The van der Waals surface area contributed by atoms with Gasteiger partial charge in [-0.2, -0.15) is 9.78 Å². The van der Waals surface area contributed by atoms with Crippen molar-refractivity contribution in [3.8, 4) is 11.3 Å². The van der Waals surface area contributed by atoms with Crippen LogP contribution in [0.4, 0.5) is 11.5 Å². The molecule has 3 N–H and O–H groups in total. The number of hydrogen-bond acceptors (Lipinski definition) is 4. The summed E-state index contributed by atoms with van der Waals surface area (Å²) in [4.78, 5) is 2.08. The average molecular weight is 287 g/mol. The molecule has 104 valence electrons. The highest BCUT2D eigenvalue weighted by atomic mass is 32.1. The second kappa shape index (κ2) is 4.79. The van der Waals surface area contributed by atoms with Crippen molar-refractivity contribution in [2.24, 2.45) is 5.73 Å². The fourth-order valence-electron chi connectivity index (χ4n) is 2.50. The van der Waals surface area contributed by atoms with E-state index in [9.17, 15) is 0 Å². The SMILES string of the molecule is CN(C)c1cccc(-c2nn(C(N)=S)c3c2CCN3)c1. The first-order chi connectivity index (χ1) is 9.58. The van der Waals surface area contributed by atoms with Crippen molar-refractivity contribution in [2.45, 2.75) is 6.42 Å². The Morgan fingerprint density at radius 1 is 1.45 bits per heavy atom. The van der Waals surface area contributed by atoms with Crippen molar-refractivity contribution in [1.82, 2.24) is 9.78 Å². The Kier molecular flexibility index (Phi) is 3.10. The van der Waals surface area contributed by atoms with E-state index in [0.29, 0.717) is 0 Å². The summed E-state index contributed by atoms with van der Waals surface area (Å²) in [6.07, 6.45) is 0.944. The van der Waals surface area contributed by atoms with E-state index in [2.05, 4.69) is 33.5 Å². The molecule has 0 unspecified atom stereocenters. The fraction of sp³-hybridized carbons (Fsp3) is 0.286. The maximum Gasteiger partial charge on any atom is 0.193 e. The number of fused-ring (bicyclic) bond motifs is 1. The Morgan fingerprint density at radius 3 is 2.95 bits per heavy atom. The molecule has 0 radical (unpaired) electrons. The molecule has 0 spiro atoms. The molecule has 5 nitrogen and oxygen atoms in total. The van der Waals surface area contributed by atoms with Crippen molar-refractivity contribution in [1.29, 1.82) is 0 Å². The van der Waals surface area contributed by atoms with E-state index in [1.807, 2.05) is 20.2 Å². The summed E-state index contributed by atoms with van der Waals surface area (Å²) >= 11 is 5.06. The van der Waals surface area contributed by atoms with Crippen LogP contribution in [0.25, 0.3) is 11.3 Å². The lowest BCUT2D eigenvalue weighted by Gasteiger charge is -2.13. The van der Waals surface area contributed by atoms with Gasteiger partial charge in [-0.05, 0) is 30.8 Å². The maximum absolute atomic E-state index is 5.74. The first-order valence-corrected chi connectivity index (χ1v) is 6.92. The monoisotopic (exact) mass is 287 g/mol. The van der Waals surface area contributed by atoms with Crippen LogP contribution in [0.3, 0.4) is 0 Å². The van der Waals surface area contributed by atoms with Gasteiger partial charge in [-0.3, -0.25) is 0 Å². The molecular formula is C14H17N5S. The molecule has 6 heteroatoms. The van der Waals surface area contributed by atoms with Crippen LogP contribution in [0.15, 0.2) is 24.3 Å². The molecule has 1 aromatic carbocycles. The highest BCUT2D eigenvalue weighted by Gasteiger charge is 2.24. The quantitative estimate of drug-likeness (QED) is 0.823. The standard InChI is InChI=1S/C14H17N5S/c1-18(2)10-5-3-4-9(8-10)12-11-6-7-16-13(11)19(17-12)14(15)20/h3-5,8,16H,6-7H2,1-2H3,(H2,15,20). The molecule has 1 aliphatic heterocycles. The van der Waals surface area contributed by atoms with Gasteiger partial charge in [-0.25, -0.2) is 0 Å². The normalized spacial score (nSPS) is 12.9. The van der Waals surface area contributed by atoms with Crippen molar-refractivity contribution >= 4 is 28.8 Å². The van der Waals surface area contributed by atoms with Gasteiger partial charge in [0.15, 0.2) is 5.11 Å². The number of nitrogens with zero attached hydrogens (tertiary/aromatic N) is 3. The molecule has 0 saturated carbocycles. The highest BCUT2D eigenvalue weighted by Crippen LogP contribution is 2.33. The lowest BCUT2D eigenvalue weighted by molar-refractivity contribution is 0.935. The Bertz CT molecular complexity index is 674. The van der Waals surface area contributed by atoms with Crippen LogP contribution in [-0.2, 0) is 6.42 Å². The van der Waals surface area contributed by atoms with Crippen molar-refractivity contribution < 1.29 is 0 Å². The number of rotatable bonds is 2. The topological polar surface area (TPSA) is 59.1 Å². The van der Waals surface area contributed by atoms with Crippen molar-refractivity contribution in [3.63, 3.8) is 0 Å². The number of benzene rings is 1. The number of nitrogens with one attached hydrogen (secondary N) is 1. The Hall–Kier alpha value is -2.08. The van der Waals surface area contributed by atoms with Gasteiger partial charge in [0.1, 0.15) is 5.82 Å². The van der Waals surface area contributed by atoms with Gasteiger partial charge in [0, 0.05) is 37.5 Å². The van der Waals surface area contributed by atoms with Crippen molar-refractivity contribution in [2.75, 3.05) is 30.9 Å². The van der Waals surface area contributed by atoms with Crippen molar-refractivity contribution in [3.05, 3.63) is 29.8 Å². The Balaban J connectivity index is 2.13. The van der Waals surface area contributed by atoms with Gasteiger partial charge < -0.3 is 16.0 Å². The third-order valence-corrected chi connectivity index (χ3v) is 3.67. The Labute approximate surface area is 123 Å². The van der Waals surface area contributed by atoms with Crippen LogP contribution in [0.1, 0.15) is 5.56 Å². The van der Waals surface area contributed by atoms with Gasteiger partial charge in [-0.15, -0.1) is 0 Å². The third kappa shape index (κ3) is 2.02. The molecule has 0 bridgehead atoms. The summed E-state index contributed by atoms with van der Waals surface area (Å²) in [5, 5.41) is 8.14. The van der Waals surface area contributed by atoms with Crippen LogP contribution in [-0.4, -0.2) is 35.5 Å². The molecule has 2 aromatic rings. The molecule has 2 heterocycles. The minimum Gasteiger partial charge on any atom is -0.378 e. The van der Waals surface area contributed by atoms with E-state index in [4.69, 9.17) is 18.0 Å². The zero-order chi connectivity index (χ0) is 14.3. The lowest BCUT2D eigenvalue weighted by Crippen LogP contribution is -2.22. The second-order valence-corrected chi connectivity index (χ2v) is 5.47. The van der Waals surface area contributed by atoms with Crippen LogP contribution >= 0.6 is 12.2 Å².